The van der Waals surface area contributed by atoms with Gasteiger partial charge in [0.15, 0.2) is 0 Å². The molecular formula is C33H31F4NO3. The van der Waals surface area contributed by atoms with E-state index < -0.39 is 17.7 Å². The Kier molecular flexibility index (Phi) is 8.31. The van der Waals surface area contributed by atoms with Gasteiger partial charge in [0.25, 0.3) is 0 Å². The first-order valence-corrected chi connectivity index (χ1v) is 13.6. The molecule has 0 spiro atoms. The fourth-order valence-corrected chi connectivity index (χ4v) is 5.64. The van der Waals surface area contributed by atoms with Crippen LogP contribution in [0.2, 0.25) is 0 Å². The third-order valence-electron chi connectivity index (χ3n) is 7.65. The fraction of sp³-hybridized carbons (Fsp3) is 0.303. The number of halogens is 4. The summed E-state index contributed by atoms with van der Waals surface area (Å²) in [6.45, 7) is 2.05. The van der Waals surface area contributed by atoms with E-state index >= 15 is 0 Å². The largest absolute Gasteiger partial charge is 0.497 e. The number of hydrogen-bond donors (Lipinski definition) is 1. The number of rotatable bonds is 8. The molecule has 3 aromatic rings. The van der Waals surface area contributed by atoms with Crippen molar-refractivity contribution < 1.29 is 32.2 Å². The number of likely N-dealkylation sites (tertiary alicyclic amines) is 1. The lowest BCUT2D eigenvalue weighted by molar-refractivity contribution is -0.137. The van der Waals surface area contributed by atoms with Crippen LogP contribution in [0.15, 0.2) is 66.2 Å². The molecule has 1 aliphatic carbocycles. The molecular weight excluding hydrogens is 534 g/mol. The van der Waals surface area contributed by atoms with Crippen LogP contribution >= 0.6 is 0 Å². The number of carbonyl (C=O) groups is 1. The van der Waals surface area contributed by atoms with Gasteiger partial charge in [0, 0.05) is 19.6 Å². The zero-order valence-electron chi connectivity index (χ0n) is 22.7. The second-order valence-corrected chi connectivity index (χ2v) is 10.5. The molecule has 41 heavy (non-hydrogen) atoms. The second kappa shape index (κ2) is 11.9. The Labute approximate surface area is 236 Å². The molecule has 8 heteroatoms. The third kappa shape index (κ3) is 6.38. The SMILES string of the molecule is COc1cc(C2=C(c3ccc(C=C4CN(CCCF)C4)cc3)c3ccc(C(=O)O)cc3CCC2)cc(C(F)(F)F)c1. The molecule has 0 aromatic heterocycles. The number of nitrogens with zero attached hydrogens (tertiary/aromatic N) is 1. The molecule has 0 saturated carbocycles. The highest BCUT2D eigenvalue weighted by molar-refractivity contribution is 6.01. The van der Waals surface area contributed by atoms with Gasteiger partial charge >= 0.3 is 12.1 Å². The van der Waals surface area contributed by atoms with E-state index in [1.807, 2.05) is 24.3 Å². The highest BCUT2D eigenvalue weighted by atomic mass is 19.4. The lowest BCUT2D eigenvalue weighted by Gasteiger charge is -2.33. The Bertz CT molecular complexity index is 1500. The number of aromatic carboxylic acids is 1. The van der Waals surface area contributed by atoms with E-state index in [4.69, 9.17) is 4.74 Å². The van der Waals surface area contributed by atoms with E-state index in [2.05, 4.69) is 11.0 Å². The first-order valence-electron chi connectivity index (χ1n) is 13.6. The minimum absolute atomic E-state index is 0.121. The van der Waals surface area contributed by atoms with Crippen molar-refractivity contribution in [3.8, 4) is 5.75 Å². The van der Waals surface area contributed by atoms with Crippen LogP contribution < -0.4 is 4.74 Å². The Balaban J connectivity index is 1.60. The summed E-state index contributed by atoms with van der Waals surface area (Å²) in [5.74, 6) is -0.905. The van der Waals surface area contributed by atoms with Crippen LogP contribution in [-0.2, 0) is 12.6 Å². The Morgan fingerprint density at radius 1 is 1.00 bits per heavy atom. The smallest absolute Gasteiger partial charge is 0.416 e. The number of alkyl halides is 4. The highest BCUT2D eigenvalue weighted by Gasteiger charge is 2.32. The number of ether oxygens (including phenoxy) is 1. The average Bonchev–Trinajstić information content (AvgIpc) is 3.13. The number of fused-ring (bicyclic) bond motifs is 1. The first kappa shape index (κ1) is 28.6. The predicted octanol–water partition coefficient (Wildman–Crippen LogP) is 7.77. The number of allylic oxidation sites excluding steroid dienone is 1. The Morgan fingerprint density at radius 3 is 2.41 bits per heavy atom. The minimum Gasteiger partial charge on any atom is -0.497 e. The van der Waals surface area contributed by atoms with Gasteiger partial charge in [-0.3, -0.25) is 9.29 Å². The van der Waals surface area contributed by atoms with E-state index in [-0.39, 0.29) is 18.0 Å². The van der Waals surface area contributed by atoms with Gasteiger partial charge in [-0.1, -0.05) is 36.4 Å². The van der Waals surface area contributed by atoms with Crippen molar-refractivity contribution in [3.63, 3.8) is 0 Å². The van der Waals surface area contributed by atoms with Gasteiger partial charge in [-0.05, 0) is 101 Å². The maximum Gasteiger partial charge on any atom is 0.416 e. The molecule has 0 bridgehead atoms. The summed E-state index contributed by atoms with van der Waals surface area (Å²) in [6, 6.07) is 16.7. The van der Waals surface area contributed by atoms with Crippen molar-refractivity contribution in [2.75, 3.05) is 33.4 Å². The van der Waals surface area contributed by atoms with Crippen molar-refractivity contribution in [2.45, 2.75) is 31.9 Å². The van der Waals surface area contributed by atoms with Gasteiger partial charge < -0.3 is 9.84 Å². The van der Waals surface area contributed by atoms with Crippen molar-refractivity contribution in [3.05, 3.63) is 105 Å². The van der Waals surface area contributed by atoms with Crippen molar-refractivity contribution >= 4 is 23.2 Å². The maximum absolute atomic E-state index is 13.8. The summed E-state index contributed by atoms with van der Waals surface area (Å²) in [5.41, 5.74) is 6.12. The van der Waals surface area contributed by atoms with Crippen LogP contribution in [0.3, 0.4) is 0 Å². The Hall–Kier alpha value is -3.91. The van der Waals surface area contributed by atoms with E-state index in [0.717, 1.165) is 59.1 Å². The second-order valence-electron chi connectivity index (χ2n) is 10.5. The maximum atomic E-state index is 13.8. The van der Waals surface area contributed by atoms with Gasteiger partial charge in [-0.2, -0.15) is 13.2 Å². The zero-order chi connectivity index (χ0) is 29.1. The zero-order valence-corrected chi connectivity index (χ0v) is 22.7. The topological polar surface area (TPSA) is 49.8 Å². The van der Waals surface area contributed by atoms with Gasteiger partial charge in [0.2, 0.25) is 0 Å². The van der Waals surface area contributed by atoms with Gasteiger partial charge in [0.05, 0.1) is 24.9 Å². The minimum atomic E-state index is -4.54. The van der Waals surface area contributed by atoms with Crippen LogP contribution in [0, 0.1) is 0 Å². The molecule has 214 valence electrons. The van der Waals surface area contributed by atoms with Crippen LogP contribution in [-0.4, -0.2) is 49.4 Å². The van der Waals surface area contributed by atoms with E-state index in [1.165, 1.54) is 18.7 Å². The normalized spacial score (nSPS) is 15.7. The van der Waals surface area contributed by atoms with Gasteiger partial charge in [0.1, 0.15) is 5.75 Å². The summed E-state index contributed by atoms with van der Waals surface area (Å²) in [5, 5.41) is 9.56. The fourth-order valence-electron chi connectivity index (χ4n) is 5.64. The quantitative estimate of drug-likeness (QED) is 0.284. The van der Waals surface area contributed by atoms with Crippen LogP contribution in [0.1, 0.15) is 63.0 Å². The van der Waals surface area contributed by atoms with E-state index in [1.54, 1.807) is 24.3 Å². The van der Waals surface area contributed by atoms with Crippen molar-refractivity contribution in [1.82, 2.24) is 4.90 Å². The van der Waals surface area contributed by atoms with E-state index in [9.17, 15) is 27.5 Å². The van der Waals surface area contributed by atoms with Gasteiger partial charge in [-0.15, -0.1) is 0 Å². The van der Waals surface area contributed by atoms with E-state index in [0.29, 0.717) is 31.2 Å². The molecule has 0 radical (unpaired) electrons. The number of benzene rings is 3. The Morgan fingerprint density at radius 2 is 1.76 bits per heavy atom. The molecule has 1 saturated heterocycles. The molecule has 1 N–H and O–H groups in total. The number of methoxy groups -OCH3 is 1. The average molecular weight is 566 g/mol. The molecule has 4 nitrogen and oxygen atoms in total. The summed E-state index contributed by atoms with van der Waals surface area (Å²) in [6.07, 6.45) is -0.132. The predicted molar refractivity (Wildman–Crippen MR) is 152 cm³/mol. The summed E-state index contributed by atoms with van der Waals surface area (Å²) in [4.78, 5) is 13.9. The molecule has 1 aliphatic heterocycles. The van der Waals surface area contributed by atoms with Gasteiger partial charge in [-0.25, -0.2) is 4.79 Å². The molecule has 1 heterocycles. The molecule has 3 aromatic carbocycles. The molecule has 0 unspecified atom stereocenters. The van der Waals surface area contributed by atoms with Crippen LogP contribution in [0.25, 0.3) is 17.2 Å². The summed E-state index contributed by atoms with van der Waals surface area (Å²) < 4.78 is 59.2. The molecule has 0 atom stereocenters. The number of aryl methyl sites for hydroxylation is 1. The molecule has 2 aliphatic rings. The summed E-state index contributed by atoms with van der Waals surface area (Å²) >= 11 is 0. The lowest BCUT2D eigenvalue weighted by Crippen LogP contribution is -2.40. The monoisotopic (exact) mass is 565 g/mol. The standard InChI is InChI=1S/C33H31F4NO3/c1-41-28-17-26(16-27(18-28)33(35,36)37)29-5-2-4-24-15-25(32(39)40)10-11-30(24)31(29)23-8-6-21(7-9-23)14-22-19-38(20-22)13-3-12-34/h6-11,14-18H,2-5,12-13,19-20H2,1H3,(H,39,40). The van der Waals surface area contributed by atoms with Crippen molar-refractivity contribution in [2.24, 2.45) is 0 Å². The molecule has 1 fully saturated rings. The van der Waals surface area contributed by atoms with Crippen molar-refractivity contribution in [1.29, 1.82) is 0 Å². The summed E-state index contributed by atoms with van der Waals surface area (Å²) in [7, 11) is 1.35. The third-order valence-corrected chi connectivity index (χ3v) is 7.65. The number of carboxylic acids is 1. The number of hydrogen-bond acceptors (Lipinski definition) is 3. The number of carboxylic acid groups (broad SMARTS) is 1. The molecule has 5 rings (SSSR count). The van der Waals surface area contributed by atoms with Crippen LogP contribution in [0.4, 0.5) is 17.6 Å². The lowest BCUT2D eigenvalue weighted by atomic mass is 9.86. The van der Waals surface area contributed by atoms with Crippen LogP contribution in [0.5, 0.6) is 5.75 Å². The first-order chi connectivity index (χ1) is 19.7. The highest BCUT2D eigenvalue weighted by Crippen LogP contribution is 2.43. The molecule has 0 amide bonds.